The summed E-state index contributed by atoms with van der Waals surface area (Å²) >= 11 is 5.95. The minimum atomic E-state index is 0.298. The van der Waals surface area contributed by atoms with Crippen LogP contribution in [-0.2, 0) is 0 Å². The van der Waals surface area contributed by atoms with E-state index in [4.69, 9.17) is 21.1 Å². The molecule has 0 atom stereocenters. The highest BCUT2D eigenvalue weighted by Crippen LogP contribution is 2.29. The Kier molecular flexibility index (Phi) is 3.91. The number of halogens is 1. The highest BCUT2D eigenvalue weighted by Gasteiger charge is 2.14. The summed E-state index contributed by atoms with van der Waals surface area (Å²) in [7, 11) is 1.61. The van der Waals surface area contributed by atoms with E-state index in [0.29, 0.717) is 16.9 Å². The van der Waals surface area contributed by atoms with Gasteiger partial charge in [-0.2, -0.15) is 0 Å². The van der Waals surface area contributed by atoms with Crippen molar-refractivity contribution in [3.8, 4) is 11.5 Å². The van der Waals surface area contributed by atoms with Gasteiger partial charge in [0.1, 0.15) is 17.6 Å². The molecule has 1 N–H and O–H groups in total. The first-order chi connectivity index (χ1) is 7.79. The zero-order chi connectivity index (χ0) is 11.4. The van der Waals surface area contributed by atoms with Crippen molar-refractivity contribution >= 4 is 11.6 Å². The monoisotopic (exact) mass is 241 g/mol. The Bertz CT molecular complexity index is 351. The molecule has 2 rings (SSSR count). The van der Waals surface area contributed by atoms with Crippen LogP contribution in [0.25, 0.3) is 0 Å². The molecule has 0 amide bonds. The average Bonchev–Trinajstić information content (AvgIpc) is 2.33. The molecule has 1 saturated heterocycles. The Hall–Kier alpha value is -0.930. The van der Waals surface area contributed by atoms with Crippen molar-refractivity contribution in [1.82, 2.24) is 5.32 Å². The first-order valence-electron chi connectivity index (χ1n) is 5.50. The number of nitrogens with one attached hydrogen (secondary N) is 1. The molecule has 0 spiro atoms. The Morgan fingerprint density at radius 1 is 1.31 bits per heavy atom. The third kappa shape index (κ3) is 2.80. The minimum Gasteiger partial charge on any atom is -0.495 e. The van der Waals surface area contributed by atoms with Crippen LogP contribution in [0.3, 0.4) is 0 Å². The van der Waals surface area contributed by atoms with Gasteiger partial charge in [0.15, 0.2) is 0 Å². The predicted octanol–water partition coefficient (Wildman–Crippen LogP) is 2.48. The van der Waals surface area contributed by atoms with Crippen LogP contribution in [0.4, 0.5) is 0 Å². The van der Waals surface area contributed by atoms with Gasteiger partial charge in [0.05, 0.1) is 12.1 Å². The lowest BCUT2D eigenvalue weighted by Crippen LogP contribution is -2.34. The van der Waals surface area contributed by atoms with Gasteiger partial charge >= 0.3 is 0 Å². The summed E-state index contributed by atoms with van der Waals surface area (Å²) in [4.78, 5) is 0. The van der Waals surface area contributed by atoms with Crippen molar-refractivity contribution in [3.63, 3.8) is 0 Å². The molecule has 1 aromatic carbocycles. The van der Waals surface area contributed by atoms with Crippen LogP contribution in [0.1, 0.15) is 12.8 Å². The molecular weight excluding hydrogens is 226 g/mol. The number of methoxy groups -OCH3 is 1. The molecule has 0 bridgehead atoms. The van der Waals surface area contributed by atoms with Crippen molar-refractivity contribution < 1.29 is 9.47 Å². The van der Waals surface area contributed by atoms with Crippen LogP contribution in [-0.4, -0.2) is 26.3 Å². The van der Waals surface area contributed by atoms with E-state index >= 15 is 0 Å². The van der Waals surface area contributed by atoms with Crippen molar-refractivity contribution in [1.29, 1.82) is 0 Å². The minimum absolute atomic E-state index is 0.298. The second kappa shape index (κ2) is 5.41. The SMILES string of the molecule is COc1cc(OC2CCNCC2)ccc1Cl. The average molecular weight is 242 g/mol. The first kappa shape index (κ1) is 11.6. The molecule has 0 saturated carbocycles. The third-order valence-corrected chi connectivity index (χ3v) is 3.02. The largest absolute Gasteiger partial charge is 0.495 e. The van der Waals surface area contributed by atoms with E-state index in [1.807, 2.05) is 12.1 Å². The summed E-state index contributed by atoms with van der Waals surface area (Å²) < 4.78 is 11.0. The quantitative estimate of drug-likeness (QED) is 0.882. The summed E-state index contributed by atoms with van der Waals surface area (Å²) in [5.74, 6) is 1.49. The Morgan fingerprint density at radius 2 is 2.06 bits per heavy atom. The topological polar surface area (TPSA) is 30.5 Å². The van der Waals surface area contributed by atoms with Crippen molar-refractivity contribution in [2.75, 3.05) is 20.2 Å². The first-order valence-corrected chi connectivity index (χ1v) is 5.88. The fourth-order valence-electron chi connectivity index (χ4n) is 1.82. The highest BCUT2D eigenvalue weighted by molar-refractivity contribution is 6.32. The molecule has 4 heteroatoms. The van der Waals surface area contributed by atoms with Gasteiger partial charge in [0.25, 0.3) is 0 Å². The van der Waals surface area contributed by atoms with Crippen molar-refractivity contribution in [3.05, 3.63) is 23.2 Å². The Morgan fingerprint density at radius 3 is 2.75 bits per heavy atom. The molecule has 0 radical (unpaired) electrons. The van der Waals surface area contributed by atoms with Gasteiger partial charge in [0.2, 0.25) is 0 Å². The Labute approximate surface area is 101 Å². The van der Waals surface area contributed by atoms with Crippen LogP contribution < -0.4 is 14.8 Å². The van der Waals surface area contributed by atoms with E-state index in [9.17, 15) is 0 Å². The number of benzene rings is 1. The van der Waals surface area contributed by atoms with Gasteiger partial charge in [-0.1, -0.05) is 11.6 Å². The fourth-order valence-corrected chi connectivity index (χ4v) is 2.01. The smallest absolute Gasteiger partial charge is 0.141 e. The van der Waals surface area contributed by atoms with Gasteiger partial charge < -0.3 is 14.8 Å². The number of ether oxygens (including phenoxy) is 2. The van der Waals surface area contributed by atoms with E-state index < -0.39 is 0 Å². The normalized spacial score (nSPS) is 17.1. The molecular formula is C12H16ClNO2. The molecule has 1 aromatic rings. The molecule has 1 aliphatic rings. The molecule has 0 aromatic heterocycles. The van der Waals surface area contributed by atoms with E-state index in [1.165, 1.54) is 0 Å². The molecule has 3 nitrogen and oxygen atoms in total. The highest BCUT2D eigenvalue weighted by atomic mass is 35.5. The molecule has 1 heterocycles. The zero-order valence-electron chi connectivity index (χ0n) is 9.33. The van der Waals surface area contributed by atoms with E-state index in [0.717, 1.165) is 31.7 Å². The molecule has 0 unspecified atom stereocenters. The molecule has 16 heavy (non-hydrogen) atoms. The molecule has 1 fully saturated rings. The maximum absolute atomic E-state index is 5.95. The second-order valence-corrected chi connectivity index (χ2v) is 4.27. The second-order valence-electron chi connectivity index (χ2n) is 3.86. The van der Waals surface area contributed by atoms with Crippen LogP contribution in [0.2, 0.25) is 5.02 Å². The number of rotatable bonds is 3. The van der Waals surface area contributed by atoms with Crippen LogP contribution >= 0.6 is 11.6 Å². The van der Waals surface area contributed by atoms with Gasteiger partial charge in [-0.25, -0.2) is 0 Å². The predicted molar refractivity (Wildman–Crippen MR) is 64.5 cm³/mol. The van der Waals surface area contributed by atoms with Gasteiger partial charge in [-0.3, -0.25) is 0 Å². The summed E-state index contributed by atoms with van der Waals surface area (Å²) in [5, 5.41) is 3.92. The third-order valence-electron chi connectivity index (χ3n) is 2.71. The maximum Gasteiger partial charge on any atom is 0.141 e. The van der Waals surface area contributed by atoms with Crippen molar-refractivity contribution in [2.24, 2.45) is 0 Å². The maximum atomic E-state index is 5.95. The molecule has 88 valence electrons. The van der Waals surface area contributed by atoms with Gasteiger partial charge in [-0.05, 0) is 38.1 Å². The summed E-state index contributed by atoms with van der Waals surface area (Å²) in [6.07, 6.45) is 2.39. The van der Waals surface area contributed by atoms with Gasteiger partial charge in [-0.15, -0.1) is 0 Å². The Balaban J connectivity index is 2.03. The number of piperidine rings is 1. The molecule has 1 aliphatic heterocycles. The standard InChI is InChI=1S/C12H16ClNO2/c1-15-12-8-10(2-3-11(12)13)16-9-4-6-14-7-5-9/h2-3,8-9,14H,4-7H2,1H3. The van der Waals surface area contributed by atoms with E-state index in [-0.39, 0.29) is 0 Å². The lowest BCUT2D eigenvalue weighted by molar-refractivity contribution is 0.162. The van der Waals surface area contributed by atoms with Crippen LogP contribution in [0, 0.1) is 0 Å². The molecule has 0 aliphatic carbocycles. The van der Waals surface area contributed by atoms with Crippen molar-refractivity contribution in [2.45, 2.75) is 18.9 Å². The lowest BCUT2D eigenvalue weighted by atomic mass is 10.1. The van der Waals surface area contributed by atoms with E-state index in [1.54, 1.807) is 13.2 Å². The lowest BCUT2D eigenvalue weighted by Gasteiger charge is -2.24. The number of hydrogen-bond acceptors (Lipinski definition) is 3. The summed E-state index contributed by atoms with van der Waals surface area (Å²) in [6.45, 7) is 2.05. The van der Waals surface area contributed by atoms with Crippen LogP contribution in [0.5, 0.6) is 11.5 Å². The fraction of sp³-hybridized carbons (Fsp3) is 0.500. The number of hydrogen-bond donors (Lipinski definition) is 1. The van der Waals surface area contributed by atoms with E-state index in [2.05, 4.69) is 5.32 Å². The zero-order valence-corrected chi connectivity index (χ0v) is 10.1. The van der Waals surface area contributed by atoms with Gasteiger partial charge in [0, 0.05) is 6.07 Å². The summed E-state index contributed by atoms with van der Waals surface area (Å²) in [6, 6.07) is 5.52. The summed E-state index contributed by atoms with van der Waals surface area (Å²) in [5.41, 5.74) is 0. The van der Waals surface area contributed by atoms with Crippen LogP contribution in [0.15, 0.2) is 18.2 Å².